The largest absolute Gasteiger partial charge is 0.399 e. The first kappa shape index (κ1) is 35.3. The number of nitrogens with one attached hydrogen (secondary N) is 2. The van der Waals surface area contributed by atoms with Gasteiger partial charge in [0.05, 0.1) is 9.79 Å². The SMILES string of the molecule is Nc1cc(C(=O)Nc2ccc3c(S(=O)(=O)O)cc(S(=O)(=O)O)cc3c2)cc(C(=O)Nc2ccc3c(S(=O)(=O)O)cc(S(=O)(=O)O)cc3c2)c1. The smallest absolute Gasteiger partial charge is 0.295 e. The zero-order chi connectivity index (χ0) is 36.3. The topological polar surface area (TPSA) is 302 Å². The van der Waals surface area contributed by atoms with Gasteiger partial charge in [-0.25, -0.2) is 0 Å². The van der Waals surface area contributed by atoms with E-state index in [1.165, 1.54) is 36.4 Å². The fourth-order valence-electron chi connectivity index (χ4n) is 4.82. The van der Waals surface area contributed by atoms with Crippen LogP contribution in [-0.2, 0) is 40.5 Å². The molecule has 21 heteroatoms. The molecular weight excluding hydrogens is 731 g/mol. The fourth-order valence-corrected chi connectivity index (χ4v) is 7.53. The first-order chi connectivity index (χ1) is 22.5. The Bertz CT molecular complexity index is 2530. The summed E-state index contributed by atoms with van der Waals surface area (Å²) < 4.78 is 132. The van der Waals surface area contributed by atoms with Crippen molar-refractivity contribution in [3.63, 3.8) is 0 Å². The molecular formula is C28H21N3O14S4. The number of amides is 2. The number of carbonyl (C=O) groups excluding carboxylic acids is 2. The molecule has 2 amide bonds. The van der Waals surface area contributed by atoms with Crippen LogP contribution < -0.4 is 16.4 Å². The van der Waals surface area contributed by atoms with Crippen molar-refractivity contribution < 1.29 is 61.5 Å². The highest BCUT2D eigenvalue weighted by Gasteiger charge is 2.23. The number of hydrogen-bond acceptors (Lipinski definition) is 11. The predicted octanol–water partition coefficient (Wildman–Crippen LogP) is 3.07. The summed E-state index contributed by atoms with van der Waals surface area (Å²) in [6, 6.07) is 13.7. The Morgan fingerprint density at radius 3 is 1.18 bits per heavy atom. The summed E-state index contributed by atoms with van der Waals surface area (Å²) in [6.45, 7) is 0. The molecule has 0 unspecified atom stereocenters. The monoisotopic (exact) mass is 751 g/mol. The summed E-state index contributed by atoms with van der Waals surface area (Å²) in [5.41, 5.74) is 5.59. The Hall–Kier alpha value is -5.00. The van der Waals surface area contributed by atoms with Crippen LogP contribution >= 0.6 is 0 Å². The summed E-state index contributed by atoms with van der Waals surface area (Å²) in [4.78, 5) is 23.0. The maximum absolute atomic E-state index is 13.2. The van der Waals surface area contributed by atoms with Gasteiger partial charge >= 0.3 is 0 Å². The molecule has 49 heavy (non-hydrogen) atoms. The van der Waals surface area contributed by atoms with Gasteiger partial charge in [0.15, 0.2) is 0 Å². The lowest BCUT2D eigenvalue weighted by Crippen LogP contribution is -2.16. The van der Waals surface area contributed by atoms with Gasteiger partial charge in [-0.15, -0.1) is 0 Å². The van der Waals surface area contributed by atoms with Gasteiger partial charge in [-0.05, 0) is 77.5 Å². The van der Waals surface area contributed by atoms with Crippen LogP contribution in [0.4, 0.5) is 17.1 Å². The molecule has 0 atom stereocenters. The van der Waals surface area contributed by atoms with Gasteiger partial charge in [0, 0.05) is 39.0 Å². The molecule has 17 nitrogen and oxygen atoms in total. The third-order valence-electron chi connectivity index (χ3n) is 6.92. The number of anilines is 3. The number of nitrogens with two attached hydrogens (primary N) is 1. The van der Waals surface area contributed by atoms with Crippen molar-refractivity contribution >= 4 is 90.9 Å². The van der Waals surface area contributed by atoms with Gasteiger partial charge in [-0.1, -0.05) is 12.1 Å². The van der Waals surface area contributed by atoms with Gasteiger partial charge in [0.1, 0.15) is 9.79 Å². The number of benzene rings is 5. The Morgan fingerprint density at radius 1 is 0.490 bits per heavy atom. The fraction of sp³-hybridized carbons (Fsp3) is 0. The van der Waals surface area contributed by atoms with E-state index in [0.29, 0.717) is 12.1 Å². The molecule has 0 radical (unpaired) electrons. The average Bonchev–Trinajstić information content (AvgIpc) is 2.97. The van der Waals surface area contributed by atoms with Gasteiger partial charge < -0.3 is 16.4 Å². The molecule has 0 heterocycles. The van der Waals surface area contributed by atoms with E-state index in [4.69, 9.17) is 5.73 Å². The van der Waals surface area contributed by atoms with Crippen LogP contribution in [0.5, 0.6) is 0 Å². The molecule has 0 aromatic heterocycles. The molecule has 0 saturated carbocycles. The highest BCUT2D eigenvalue weighted by molar-refractivity contribution is 7.87. The van der Waals surface area contributed by atoms with Crippen LogP contribution in [0, 0.1) is 0 Å². The second-order valence-corrected chi connectivity index (χ2v) is 16.0. The standard InChI is InChI=1S/C28H21N3O14S4/c29-18-6-16(27(32)30-19-1-3-23-14(8-19)10-21(46(34,35)36)12-25(23)48(40,41)42)5-17(7-18)28(33)31-20-2-4-24-15(9-20)11-22(47(37,38)39)13-26(24)49(43,44)45/h1-13H,29H2,(H,30,32)(H,31,33)(H,34,35,36)(H,37,38,39)(H,40,41,42)(H,43,44,45). The quantitative estimate of drug-likeness (QED) is 0.0885. The molecule has 0 bridgehead atoms. The Kier molecular flexibility index (Phi) is 8.76. The second kappa shape index (κ2) is 12.2. The normalized spacial score (nSPS) is 12.6. The van der Waals surface area contributed by atoms with E-state index >= 15 is 0 Å². The summed E-state index contributed by atoms with van der Waals surface area (Å²) >= 11 is 0. The lowest BCUT2D eigenvalue weighted by Gasteiger charge is -2.12. The Balaban J connectivity index is 1.45. The zero-order valence-corrected chi connectivity index (χ0v) is 27.4. The van der Waals surface area contributed by atoms with Gasteiger partial charge in [0.25, 0.3) is 52.3 Å². The number of carbonyl (C=O) groups is 2. The number of nitrogen functional groups attached to an aromatic ring is 1. The minimum absolute atomic E-state index is 0.00407. The summed E-state index contributed by atoms with van der Waals surface area (Å²) in [7, 11) is -19.7. The molecule has 0 aliphatic carbocycles. The van der Waals surface area contributed by atoms with Crippen LogP contribution in [-0.4, -0.2) is 63.7 Å². The first-order valence-corrected chi connectivity index (χ1v) is 18.9. The Morgan fingerprint density at radius 2 is 0.857 bits per heavy atom. The summed E-state index contributed by atoms with van der Waals surface area (Å²) in [6.07, 6.45) is 0. The Labute approximate surface area is 277 Å². The third-order valence-corrected chi connectivity index (χ3v) is 10.4. The number of rotatable bonds is 8. The number of fused-ring (bicyclic) bond motifs is 2. The van der Waals surface area contributed by atoms with Crippen molar-refractivity contribution in [3.05, 3.63) is 90.0 Å². The minimum Gasteiger partial charge on any atom is -0.399 e. The molecule has 5 aromatic rings. The molecule has 5 rings (SSSR count). The molecule has 8 N–H and O–H groups in total. The van der Waals surface area contributed by atoms with Crippen LogP contribution in [0.3, 0.4) is 0 Å². The van der Waals surface area contributed by atoms with Crippen molar-refractivity contribution in [2.75, 3.05) is 16.4 Å². The van der Waals surface area contributed by atoms with Crippen molar-refractivity contribution in [2.45, 2.75) is 19.6 Å². The van der Waals surface area contributed by atoms with E-state index < -0.39 is 71.9 Å². The van der Waals surface area contributed by atoms with E-state index in [2.05, 4.69) is 10.6 Å². The van der Waals surface area contributed by atoms with E-state index in [9.17, 15) is 61.5 Å². The van der Waals surface area contributed by atoms with Gasteiger partial charge in [0.2, 0.25) is 0 Å². The molecule has 0 aliphatic heterocycles. The lowest BCUT2D eigenvalue weighted by molar-refractivity contribution is 0.102. The molecule has 0 spiro atoms. The molecule has 256 valence electrons. The second-order valence-electron chi connectivity index (χ2n) is 10.4. The van der Waals surface area contributed by atoms with Crippen LogP contribution in [0.2, 0.25) is 0 Å². The van der Waals surface area contributed by atoms with E-state index in [1.807, 2.05) is 0 Å². The van der Waals surface area contributed by atoms with Crippen molar-refractivity contribution in [1.82, 2.24) is 0 Å². The number of hydrogen-bond donors (Lipinski definition) is 7. The van der Waals surface area contributed by atoms with Gasteiger partial charge in [-0.2, -0.15) is 33.7 Å². The average molecular weight is 752 g/mol. The molecule has 0 aliphatic rings. The van der Waals surface area contributed by atoms with Crippen molar-refractivity contribution in [2.24, 2.45) is 0 Å². The predicted molar refractivity (Wildman–Crippen MR) is 174 cm³/mol. The van der Waals surface area contributed by atoms with Crippen molar-refractivity contribution in [1.29, 1.82) is 0 Å². The highest BCUT2D eigenvalue weighted by atomic mass is 32.2. The first-order valence-electron chi connectivity index (χ1n) is 13.1. The zero-order valence-electron chi connectivity index (χ0n) is 24.1. The van der Waals surface area contributed by atoms with E-state index in [1.54, 1.807) is 0 Å². The lowest BCUT2D eigenvalue weighted by atomic mass is 10.1. The van der Waals surface area contributed by atoms with E-state index in [-0.39, 0.29) is 49.7 Å². The maximum Gasteiger partial charge on any atom is 0.295 e. The summed E-state index contributed by atoms with van der Waals surface area (Å²) in [5, 5.41) is 4.49. The van der Waals surface area contributed by atoms with Crippen LogP contribution in [0.25, 0.3) is 21.5 Å². The molecule has 0 saturated heterocycles. The van der Waals surface area contributed by atoms with E-state index in [0.717, 1.165) is 30.3 Å². The minimum atomic E-state index is -4.94. The molecule has 5 aromatic carbocycles. The van der Waals surface area contributed by atoms with Gasteiger partial charge in [-0.3, -0.25) is 27.8 Å². The van der Waals surface area contributed by atoms with Crippen molar-refractivity contribution in [3.8, 4) is 0 Å². The highest BCUT2D eigenvalue weighted by Crippen LogP contribution is 2.31. The third kappa shape index (κ3) is 7.68. The van der Waals surface area contributed by atoms with Crippen LogP contribution in [0.15, 0.2) is 98.4 Å². The maximum atomic E-state index is 13.2. The summed E-state index contributed by atoms with van der Waals surface area (Å²) in [5.74, 6) is -1.66. The van der Waals surface area contributed by atoms with Crippen LogP contribution in [0.1, 0.15) is 20.7 Å². The molecule has 0 fully saturated rings.